The van der Waals surface area contributed by atoms with E-state index in [-0.39, 0.29) is 68.7 Å². The van der Waals surface area contributed by atoms with Crippen molar-refractivity contribution in [3.63, 3.8) is 0 Å². The molecule has 0 heterocycles. The van der Waals surface area contributed by atoms with E-state index in [1.807, 2.05) is 0 Å². The Labute approximate surface area is 271 Å². The fourth-order valence-electron chi connectivity index (χ4n) is 10.9. The molecule has 4 saturated carbocycles. The third kappa shape index (κ3) is 6.09. The third-order valence-electron chi connectivity index (χ3n) is 13.4. The van der Waals surface area contributed by atoms with Gasteiger partial charge in [-0.3, -0.25) is 0 Å². The van der Waals surface area contributed by atoms with Crippen molar-refractivity contribution in [2.45, 2.75) is 128 Å². The van der Waals surface area contributed by atoms with Crippen LogP contribution in [-0.2, 0) is 15.4 Å². The van der Waals surface area contributed by atoms with Crippen molar-refractivity contribution >= 4 is 16.1 Å². The number of urea groups is 1. The molecule has 0 aromatic heterocycles. The van der Waals surface area contributed by atoms with Gasteiger partial charge < -0.3 is 20.6 Å². The first kappa shape index (κ1) is 34.6. The van der Waals surface area contributed by atoms with Gasteiger partial charge in [0.05, 0.1) is 23.2 Å². The van der Waals surface area contributed by atoms with Crippen molar-refractivity contribution in [1.29, 1.82) is 0 Å². The van der Waals surface area contributed by atoms with Crippen LogP contribution in [-0.4, -0.2) is 54.6 Å². The Morgan fingerprint density at radius 3 is 2.29 bits per heavy atom. The van der Waals surface area contributed by atoms with Crippen molar-refractivity contribution in [2.75, 3.05) is 6.54 Å². The second kappa shape index (κ2) is 12.4. The topological polar surface area (TPSA) is 136 Å². The molecule has 0 aliphatic heterocycles. The van der Waals surface area contributed by atoms with E-state index >= 15 is 0 Å². The maximum atomic E-state index is 12.8. The summed E-state index contributed by atoms with van der Waals surface area (Å²) < 4.78 is 27.8. The Hall–Kier alpha value is -1.68. The number of nitrogens with one attached hydrogen (secondary N) is 2. The first-order chi connectivity index (χ1) is 20.9. The van der Waals surface area contributed by atoms with Gasteiger partial charge in [0.15, 0.2) is 0 Å². The quantitative estimate of drug-likeness (QED) is 0.262. The molecular weight excluding hydrogens is 588 g/mol. The predicted octanol–water partition coefficient (Wildman–Crippen LogP) is 5.60. The molecule has 0 bridgehead atoms. The summed E-state index contributed by atoms with van der Waals surface area (Å²) in [4.78, 5) is 12.7. The van der Waals surface area contributed by atoms with E-state index in [4.69, 9.17) is 0 Å². The lowest BCUT2D eigenvalue weighted by Gasteiger charge is -2.65. The van der Waals surface area contributed by atoms with Crippen molar-refractivity contribution in [2.24, 2.45) is 52.3 Å². The normalized spacial score (nSPS) is 40.5. The molecular formula is C36H58N2O6S. The van der Waals surface area contributed by atoms with E-state index in [1.54, 1.807) is 12.1 Å². The summed E-state index contributed by atoms with van der Waals surface area (Å²) in [5.41, 5.74) is 0.589. The molecule has 9 heteroatoms. The summed E-state index contributed by atoms with van der Waals surface area (Å²) in [5.74, 6) is 1.48. The Kier molecular flexibility index (Phi) is 9.55. The summed E-state index contributed by atoms with van der Waals surface area (Å²) in [6, 6.07) is 5.87. The van der Waals surface area contributed by atoms with Crippen LogP contribution in [0.5, 0.6) is 0 Å². The zero-order valence-electron chi connectivity index (χ0n) is 28.4. The van der Waals surface area contributed by atoms with Gasteiger partial charge in [0.25, 0.3) is 10.0 Å². The molecule has 0 unspecified atom stereocenters. The van der Waals surface area contributed by atoms with Crippen LogP contribution < -0.4 is 10.0 Å². The monoisotopic (exact) mass is 646 g/mol. The second-order valence-corrected chi connectivity index (χ2v) is 18.3. The molecule has 0 radical (unpaired) electrons. The van der Waals surface area contributed by atoms with E-state index in [0.717, 1.165) is 44.1 Å². The molecule has 0 spiro atoms. The van der Waals surface area contributed by atoms with Crippen molar-refractivity contribution in [1.82, 2.24) is 10.0 Å². The van der Waals surface area contributed by atoms with Crippen LogP contribution in [0.15, 0.2) is 29.2 Å². The molecule has 5 N–H and O–H groups in total. The number of aliphatic hydroxyl groups is 3. The van der Waals surface area contributed by atoms with E-state index in [2.05, 4.69) is 58.5 Å². The number of rotatable bonds is 7. The van der Waals surface area contributed by atoms with Gasteiger partial charge in [-0.2, -0.15) is 0 Å². The van der Waals surface area contributed by atoms with E-state index in [0.29, 0.717) is 19.4 Å². The van der Waals surface area contributed by atoms with Crippen LogP contribution in [0.3, 0.4) is 0 Å². The molecule has 8 nitrogen and oxygen atoms in total. The van der Waals surface area contributed by atoms with Gasteiger partial charge in [0.1, 0.15) is 0 Å². The zero-order valence-corrected chi connectivity index (χ0v) is 29.2. The molecule has 45 heavy (non-hydrogen) atoms. The first-order valence-electron chi connectivity index (χ1n) is 17.4. The van der Waals surface area contributed by atoms with Crippen LogP contribution in [0.25, 0.3) is 0 Å². The van der Waals surface area contributed by atoms with Gasteiger partial charge in [-0.25, -0.2) is 17.9 Å². The number of hydrogen-bond donors (Lipinski definition) is 5. The number of amides is 2. The average Bonchev–Trinajstić information content (AvgIpc) is 3.32. The molecule has 4 fully saturated rings. The SMILES string of the molecule is CC[C@H]1[C@@H](O)[C@@H]2[C@H](C[C@H](O)[C@]3(C)[C@@H]([C@H](C)CCNC(=O)NS(=O)(=O)c4ccc(C(C)(C)C)cc4)CC[C@@H]23)[C@@]2(C)CC[C@@H](O)C[C@@H]12. The third-order valence-corrected chi connectivity index (χ3v) is 14.7. The highest BCUT2D eigenvalue weighted by molar-refractivity contribution is 7.90. The van der Waals surface area contributed by atoms with Crippen molar-refractivity contribution in [3.05, 3.63) is 29.8 Å². The summed E-state index contributed by atoms with van der Waals surface area (Å²) in [5, 5.41) is 37.1. The van der Waals surface area contributed by atoms with E-state index < -0.39 is 28.3 Å². The maximum Gasteiger partial charge on any atom is 0.328 e. The van der Waals surface area contributed by atoms with Gasteiger partial charge in [0.2, 0.25) is 0 Å². The van der Waals surface area contributed by atoms with Gasteiger partial charge in [-0.1, -0.05) is 67.0 Å². The molecule has 2 amide bonds. The summed E-state index contributed by atoms with van der Waals surface area (Å²) in [6.45, 7) is 15.4. The average molecular weight is 647 g/mol. The molecule has 4 aliphatic carbocycles. The molecule has 12 atom stereocenters. The van der Waals surface area contributed by atoms with Crippen LogP contribution in [0.2, 0.25) is 0 Å². The molecule has 1 aromatic rings. The minimum Gasteiger partial charge on any atom is -0.393 e. The van der Waals surface area contributed by atoms with E-state index in [9.17, 15) is 28.5 Å². The minimum atomic E-state index is -3.99. The Bertz CT molecular complexity index is 1330. The lowest BCUT2D eigenvalue weighted by atomic mass is 9.41. The number of carbonyl (C=O) groups is 1. The lowest BCUT2D eigenvalue weighted by Crippen LogP contribution is -2.65. The molecule has 4 aliphatic rings. The Morgan fingerprint density at radius 2 is 1.67 bits per heavy atom. The van der Waals surface area contributed by atoms with Crippen LogP contribution in [0, 0.1) is 52.3 Å². The fourth-order valence-corrected chi connectivity index (χ4v) is 11.8. The van der Waals surface area contributed by atoms with Crippen LogP contribution in [0.4, 0.5) is 4.79 Å². The molecule has 254 valence electrons. The van der Waals surface area contributed by atoms with E-state index in [1.165, 1.54) is 12.1 Å². The smallest absolute Gasteiger partial charge is 0.328 e. The highest BCUT2D eigenvalue weighted by atomic mass is 32.2. The number of sulfonamides is 1. The molecule has 1 aromatic carbocycles. The number of fused-ring (bicyclic) bond motifs is 5. The zero-order chi connectivity index (χ0) is 33.1. The van der Waals surface area contributed by atoms with Gasteiger partial charge in [0, 0.05) is 6.54 Å². The second-order valence-electron chi connectivity index (χ2n) is 16.6. The standard InChI is InChI=1S/C36H58N2O6S/c1-8-25-28-19-23(39)15-17-35(28,6)29-20-30(40)36(7)26(13-14-27(36)31(29)32(25)41)21(2)16-18-37-33(42)38-45(43,44)24-11-9-22(10-12-24)34(3,4)5/h9-12,21,23,25-32,39-41H,8,13-20H2,1-7H3,(H2,37,38,42)/t21-,23-,25-,26-,27+,28+,29+,30+,31+,32-,35+,36-/m1/s1. The highest BCUT2D eigenvalue weighted by Crippen LogP contribution is 2.69. The van der Waals surface area contributed by atoms with Gasteiger partial charge >= 0.3 is 6.03 Å². The van der Waals surface area contributed by atoms with Gasteiger partial charge in [-0.05, 0) is 120 Å². The summed E-state index contributed by atoms with van der Waals surface area (Å²) in [7, 11) is -3.99. The summed E-state index contributed by atoms with van der Waals surface area (Å²) in [6.07, 6.45) is 5.49. The van der Waals surface area contributed by atoms with Crippen molar-refractivity contribution in [3.8, 4) is 0 Å². The predicted molar refractivity (Wildman–Crippen MR) is 176 cm³/mol. The summed E-state index contributed by atoms with van der Waals surface area (Å²) >= 11 is 0. The van der Waals surface area contributed by atoms with Crippen LogP contribution in [0.1, 0.15) is 105 Å². The molecule has 5 rings (SSSR count). The number of aliphatic hydroxyl groups excluding tert-OH is 3. The fraction of sp³-hybridized carbons (Fsp3) is 0.806. The lowest BCUT2D eigenvalue weighted by molar-refractivity contribution is -0.228. The minimum absolute atomic E-state index is 0.0159. The highest BCUT2D eigenvalue weighted by Gasteiger charge is 2.67. The first-order valence-corrected chi connectivity index (χ1v) is 18.9. The largest absolute Gasteiger partial charge is 0.393 e. The van der Waals surface area contributed by atoms with Gasteiger partial charge in [-0.15, -0.1) is 0 Å². The van der Waals surface area contributed by atoms with Crippen molar-refractivity contribution < 1.29 is 28.5 Å². The number of hydrogen-bond acceptors (Lipinski definition) is 6. The molecule has 0 saturated heterocycles. The Morgan fingerprint density at radius 1 is 1.00 bits per heavy atom. The van der Waals surface area contributed by atoms with Crippen LogP contribution >= 0.6 is 0 Å². The number of carbonyl (C=O) groups excluding carboxylic acids is 1. The Balaban J connectivity index is 1.22. The maximum absolute atomic E-state index is 12.8. The number of benzene rings is 1.